The van der Waals surface area contributed by atoms with Crippen molar-refractivity contribution >= 4 is 16.5 Å². The van der Waals surface area contributed by atoms with Gasteiger partial charge in [-0.3, -0.25) is 0 Å². The molecule has 0 aliphatic carbocycles. The minimum atomic E-state index is -0.0710. The van der Waals surface area contributed by atoms with Crippen molar-refractivity contribution in [3.63, 3.8) is 0 Å². The molecule has 2 aliphatic heterocycles. The number of rotatable bonds is 1. The van der Waals surface area contributed by atoms with Crippen LogP contribution in [0.3, 0.4) is 0 Å². The van der Waals surface area contributed by atoms with Crippen molar-refractivity contribution in [2.75, 3.05) is 6.61 Å². The molecule has 3 aromatic carbocycles. The molecule has 0 unspecified atom stereocenters. The van der Waals surface area contributed by atoms with Crippen LogP contribution in [0.25, 0.3) is 10.8 Å². The topological polar surface area (TPSA) is 30.8 Å². The van der Waals surface area contributed by atoms with Gasteiger partial charge in [-0.2, -0.15) is 0 Å². The zero-order valence-electron chi connectivity index (χ0n) is 12.5. The first kappa shape index (κ1) is 12.7. The number of fused-ring (bicyclic) bond motifs is 5. The summed E-state index contributed by atoms with van der Waals surface area (Å²) >= 11 is 0. The quantitative estimate of drug-likeness (QED) is 0.670. The van der Waals surface area contributed by atoms with E-state index in [9.17, 15) is 0 Å². The van der Waals surface area contributed by atoms with Gasteiger partial charge in [-0.1, -0.05) is 65.8 Å². The van der Waals surface area contributed by atoms with Crippen molar-refractivity contribution < 1.29 is 9.57 Å². The van der Waals surface area contributed by atoms with Gasteiger partial charge in [0.05, 0.1) is 5.92 Å². The highest BCUT2D eigenvalue weighted by Gasteiger charge is 2.41. The molecule has 0 spiro atoms. The van der Waals surface area contributed by atoms with Crippen LogP contribution in [0, 0.1) is 5.92 Å². The van der Waals surface area contributed by atoms with Crippen molar-refractivity contribution in [1.29, 1.82) is 0 Å². The maximum Gasteiger partial charge on any atom is 0.164 e. The lowest BCUT2D eigenvalue weighted by atomic mass is 9.85. The van der Waals surface area contributed by atoms with Crippen LogP contribution in [-0.2, 0) is 4.84 Å². The molecule has 112 valence electrons. The molecule has 23 heavy (non-hydrogen) atoms. The standard InChI is InChI=1S/C20H15NO2/c1-2-7-14(8-3-1)20-16-12-22-17-11-10-13-6-4-5-9-15(13)18(17)19(16)21-23-20/h1-11,16,20H,12H2/t16-,20+/m1/s1. The third-order valence-corrected chi connectivity index (χ3v) is 4.67. The minimum Gasteiger partial charge on any atom is -0.492 e. The number of nitrogens with zero attached hydrogens (tertiary/aromatic N) is 1. The Kier molecular flexibility index (Phi) is 2.68. The Morgan fingerprint density at radius 2 is 1.70 bits per heavy atom. The molecule has 3 heteroatoms. The average molecular weight is 301 g/mol. The van der Waals surface area contributed by atoms with Gasteiger partial charge < -0.3 is 9.57 Å². The normalized spacial score (nSPS) is 21.8. The van der Waals surface area contributed by atoms with Gasteiger partial charge in [0.25, 0.3) is 0 Å². The lowest BCUT2D eigenvalue weighted by Gasteiger charge is -2.26. The molecule has 0 amide bonds. The first-order chi connectivity index (χ1) is 11.4. The Balaban J connectivity index is 1.64. The smallest absolute Gasteiger partial charge is 0.164 e. The Hall–Kier alpha value is -2.81. The molecule has 0 saturated carbocycles. The summed E-state index contributed by atoms with van der Waals surface area (Å²) in [6.45, 7) is 0.601. The van der Waals surface area contributed by atoms with E-state index in [0.717, 1.165) is 22.6 Å². The molecule has 2 atom stereocenters. The van der Waals surface area contributed by atoms with Gasteiger partial charge in [0.15, 0.2) is 6.10 Å². The summed E-state index contributed by atoms with van der Waals surface area (Å²) in [5.74, 6) is 1.03. The molecular weight excluding hydrogens is 286 g/mol. The van der Waals surface area contributed by atoms with Crippen molar-refractivity contribution in [3.05, 3.63) is 77.9 Å². The summed E-state index contributed by atoms with van der Waals surface area (Å²) in [4.78, 5) is 5.80. The van der Waals surface area contributed by atoms with E-state index in [2.05, 4.69) is 47.6 Å². The van der Waals surface area contributed by atoms with Gasteiger partial charge in [0.2, 0.25) is 0 Å². The van der Waals surface area contributed by atoms with Crippen molar-refractivity contribution in [1.82, 2.24) is 0 Å². The fourth-order valence-corrected chi connectivity index (χ4v) is 3.55. The van der Waals surface area contributed by atoms with Gasteiger partial charge in [-0.05, 0) is 22.4 Å². The van der Waals surface area contributed by atoms with Gasteiger partial charge >= 0.3 is 0 Å². The molecular formula is C20H15NO2. The summed E-state index contributed by atoms with van der Waals surface area (Å²) < 4.78 is 6.04. The van der Waals surface area contributed by atoms with Gasteiger partial charge in [-0.15, -0.1) is 0 Å². The number of hydrogen-bond acceptors (Lipinski definition) is 3. The van der Waals surface area contributed by atoms with Gasteiger partial charge in [0, 0.05) is 5.56 Å². The third kappa shape index (κ3) is 1.86. The maximum atomic E-state index is 6.04. The number of hydrogen-bond donors (Lipinski definition) is 0. The van der Waals surface area contributed by atoms with E-state index in [1.807, 2.05) is 24.3 Å². The average Bonchev–Trinajstić information content (AvgIpc) is 3.06. The first-order valence-electron chi connectivity index (χ1n) is 7.85. The number of benzene rings is 3. The lowest BCUT2D eigenvalue weighted by Crippen LogP contribution is -2.29. The van der Waals surface area contributed by atoms with Crippen LogP contribution < -0.4 is 4.74 Å². The number of oxime groups is 1. The Bertz CT molecular complexity index is 917. The van der Waals surface area contributed by atoms with Gasteiger partial charge in [-0.25, -0.2) is 0 Å². The summed E-state index contributed by atoms with van der Waals surface area (Å²) in [5, 5.41) is 6.81. The van der Waals surface area contributed by atoms with Crippen molar-refractivity contribution in [3.8, 4) is 5.75 Å². The Labute approximate surface area is 134 Å². The molecule has 0 radical (unpaired) electrons. The lowest BCUT2D eigenvalue weighted by molar-refractivity contribution is 0.0483. The van der Waals surface area contributed by atoms with Gasteiger partial charge in [0.1, 0.15) is 18.1 Å². The fraction of sp³-hybridized carbons (Fsp3) is 0.150. The minimum absolute atomic E-state index is 0.0710. The second kappa shape index (κ2) is 4.85. The highest BCUT2D eigenvalue weighted by Crippen LogP contribution is 2.42. The molecule has 2 aliphatic rings. The van der Waals surface area contributed by atoms with Crippen molar-refractivity contribution in [2.45, 2.75) is 6.10 Å². The molecule has 0 N–H and O–H groups in total. The van der Waals surface area contributed by atoms with Crippen LogP contribution in [0.15, 0.2) is 71.9 Å². The molecule has 3 aromatic rings. The molecule has 5 rings (SSSR count). The van der Waals surface area contributed by atoms with Crippen LogP contribution in [0.4, 0.5) is 0 Å². The summed E-state index contributed by atoms with van der Waals surface area (Å²) in [7, 11) is 0. The van der Waals surface area contributed by atoms with E-state index < -0.39 is 0 Å². The zero-order chi connectivity index (χ0) is 15.2. The van der Waals surface area contributed by atoms with E-state index in [1.54, 1.807) is 0 Å². The van der Waals surface area contributed by atoms with E-state index >= 15 is 0 Å². The molecule has 3 nitrogen and oxygen atoms in total. The predicted octanol–water partition coefficient (Wildman–Crippen LogP) is 4.32. The summed E-state index contributed by atoms with van der Waals surface area (Å²) in [5.41, 5.74) is 3.23. The largest absolute Gasteiger partial charge is 0.492 e. The molecule has 0 fully saturated rings. The van der Waals surface area contributed by atoms with Crippen LogP contribution in [-0.4, -0.2) is 12.3 Å². The Morgan fingerprint density at radius 3 is 2.61 bits per heavy atom. The second-order valence-corrected chi connectivity index (χ2v) is 5.99. The predicted molar refractivity (Wildman–Crippen MR) is 89.7 cm³/mol. The second-order valence-electron chi connectivity index (χ2n) is 5.99. The third-order valence-electron chi connectivity index (χ3n) is 4.67. The van der Waals surface area contributed by atoms with E-state index in [-0.39, 0.29) is 12.0 Å². The van der Waals surface area contributed by atoms with Crippen molar-refractivity contribution in [2.24, 2.45) is 11.1 Å². The van der Waals surface area contributed by atoms with E-state index in [1.165, 1.54) is 10.8 Å². The van der Waals surface area contributed by atoms with Crippen LogP contribution >= 0.6 is 0 Å². The SMILES string of the molecule is c1ccc([C@@H]2ON=C3c4c(ccc5ccccc45)OC[C@H]32)cc1. The Morgan fingerprint density at radius 1 is 0.870 bits per heavy atom. The van der Waals surface area contributed by atoms with Crippen LogP contribution in [0.5, 0.6) is 5.75 Å². The number of ether oxygens (including phenoxy) is 1. The fourth-order valence-electron chi connectivity index (χ4n) is 3.55. The molecule has 0 bridgehead atoms. The monoisotopic (exact) mass is 301 g/mol. The maximum absolute atomic E-state index is 6.04. The van der Waals surface area contributed by atoms with Crippen LogP contribution in [0.1, 0.15) is 17.2 Å². The summed E-state index contributed by atoms with van der Waals surface area (Å²) in [6, 6.07) is 22.7. The molecule has 0 saturated heterocycles. The zero-order valence-corrected chi connectivity index (χ0v) is 12.5. The highest BCUT2D eigenvalue weighted by atomic mass is 16.6. The van der Waals surface area contributed by atoms with E-state index in [4.69, 9.17) is 9.57 Å². The first-order valence-corrected chi connectivity index (χ1v) is 7.85. The highest BCUT2D eigenvalue weighted by molar-refractivity contribution is 6.15. The molecule has 2 heterocycles. The molecule has 0 aromatic heterocycles. The van der Waals surface area contributed by atoms with Crippen LogP contribution in [0.2, 0.25) is 0 Å². The van der Waals surface area contributed by atoms with E-state index in [0.29, 0.717) is 6.61 Å². The summed E-state index contributed by atoms with van der Waals surface area (Å²) in [6.07, 6.45) is -0.0710.